The molecule has 0 radical (unpaired) electrons. The van der Waals surface area contributed by atoms with E-state index >= 15 is 0 Å². The van der Waals surface area contributed by atoms with Crippen LogP contribution in [0.25, 0.3) is 0 Å². The first-order valence-corrected chi connectivity index (χ1v) is 7.60. The number of imidazole rings is 1. The van der Waals surface area contributed by atoms with Gasteiger partial charge in [-0.25, -0.2) is 4.98 Å². The van der Waals surface area contributed by atoms with E-state index in [1.54, 1.807) is 13.4 Å². The predicted octanol–water partition coefficient (Wildman–Crippen LogP) is 3.56. The molecule has 0 spiro atoms. The van der Waals surface area contributed by atoms with Gasteiger partial charge in [0.1, 0.15) is 5.76 Å². The Bertz CT molecular complexity index is 528. The van der Waals surface area contributed by atoms with Gasteiger partial charge in [-0.2, -0.15) is 0 Å². The fourth-order valence-electron chi connectivity index (χ4n) is 2.50. The molecule has 0 aliphatic carbocycles. The Hall–Kier alpha value is -1.97. The highest BCUT2D eigenvalue weighted by molar-refractivity contribution is 5.22. The summed E-state index contributed by atoms with van der Waals surface area (Å²) in [6, 6.07) is 0. The van der Waals surface area contributed by atoms with Crippen molar-refractivity contribution < 1.29 is 4.74 Å². The third kappa shape index (κ3) is 4.25. The molecule has 0 amide bonds. The molecule has 0 saturated carbocycles. The second-order valence-corrected chi connectivity index (χ2v) is 5.29. The van der Waals surface area contributed by atoms with E-state index in [4.69, 9.17) is 4.74 Å². The number of hydrogen-bond donors (Lipinski definition) is 1. The second-order valence-electron chi connectivity index (χ2n) is 5.29. The van der Waals surface area contributed by atoms with Crippen LogP contribution in [0.5, 0.6) is 0 Å². The summed E-state index contributed by atoms with van der Waals surface area (Å²) in [5.74, 6) is 0.676. The van der Waals surface area contributed by atoms with Crippen LogP contribution in [0.3, 0.4) is 0 Å². The maximum atomic E-state index is 5.06. The highest BCUT2D eigenvalue weighted by Gasteiger charge is 2.19. The first-order chi connectivity index (χ1) is 10.2. The molecule has 1 aliphatic heterocycles. The van der Waals surface area contributed by atoms with Gasteiger partial charge in [-0.1, -0.05) is 26.0 Å². The van der Waals surface area contributed by atoms with Crippen LogP contribution in [0, 0.1) is 0 Å². The summed E-state index contributed by atoms with van der Waals surface area (Å²) < 4.78 is 5.06. The minimum absolute atomic E-state index is 0.676. The molecule has 21 heavy (non-hydrogen) atoms. The first kappa shape index (κ1) is 15.4. The topological polar surface area (TPSA) is 41.2 Å². The van der Waals surface area contributed by atoms with Crippen LogP contribution in [-0.4, -0.2) is 28.5 Å². The molecular weight excluding hydrogens is 262 g/mol. The summed E-state index contributed by atoms with van der Waals surface area (Å²) in [6.07, 6.45) is 12.4. The van der Waals surface area contributed by atoms with E-state index in [0.29, 0.717) is 5.76 Å². The van der Waals surface area contributed by atoms with E-state index in [1.165, 1.54) is 29.9 Å². The molecule has 2 rings (SSSR count). The van der Waals surface area contributed by atoms with E-state index in [9.17, 15) is 0 Å². The number of H-pyrrole nitrogens is 1. The number of methoxy groups -OCH3 is 1. The zero-order valence-corrected chi connectivity index (χ0v) is 13.1. The van der Waals surface area contributed by atoms with E-state index in [2.05, 4.69) is 34.4 Å². The molecular formula is C17H25N3O. The number of nitrogens with one attached hydrogen (secondary N) is 1. The Balaban J connectivity index is 2.07. The van der Waals surface area contributed by atoms with Crippen LogP contribution in [0.4, 0.5) is 0 Å². The molecule has 4 heteroatoms. The van der Waals surface area contributed by atoms with Gasteiger partial charge in [0.15, 0.2) is 0 Å². The van der Waals surface area contributed by atoms with Crippen molar-refractivity contribution in [3.05, 3.63) is 54.0 Å². The average molecular weight is 287 g/mol. The normalized spacial score (nSPS) is 15.3. The third-order valence-corrected chi connectivity index (χ3v) is 3.80. The fourth-order valence-corrected chi connectivity index (χ4v) is 2.50. The van der Waals surface area contributed by atoms with Gasteiger partial charge in [0, 0.05) is 18.7 Å². The van der Waals surface area contributed by atoms with E-state index in [0.717, 1.165) is 25.9 Å². The minimum atomic E-state index is 0.676. The first-order valence-electron chi connectivity index (χ1n) is 7.60. The van der Waals surface area contributed by atoms with Gasteiger partial charge in [0.05, 0.1) is 31.4 Å². The number of nitrogens with zero attached hydrogens (tertiary/aromatic N) is 2. The molecule has 114 valence electrons. The van der Waals surface area contributed by atoms with Crippen molar-refractivity contribution in [3.63, 3.8) is 0 Å². The van der Waals surface area contributed by atoms with E-state index in [1.807, 2.05) is 12.2 Å². The van der Waals surface area contributed by atoms with Crippen LogP contribution >= 0.6 is 0 Å². The molecule has 0 bridgehead atoms. The monoisotopic (exact) mass is 287 g/mol. The Morgan fingerprint density at radius 2 is 2.43 bits per heavy atom. The Morgan fingerprint density at radius 1 is 1.57 bits per heavy atom. The summed E-state index contributed by atoms with van der Waals surface area (Å²) in [7, 11) is 1.64. The number of hydrogen-bond acceptors (Lipinski definition) is 3. The van der Waals surface area contributed by atoms with Crippen LogP contribution in [0.2, 0.25) is 0 Å². The molecule has 0 saturated heterocycles. The van der Waals surface area contributed by atoms with Crippen molar-refractivity contribution in [3.8, 4) is 0 Å². The van der Waals surface area contributed by atoms with Gasteiger partial charge in [-0.05, 0) is 25.0 Å². The van der Waals surface area contributed by atoms with Gasteiger partial charge in [-0.3, -0.25) is 0 Å². The fraction of sp³-hybridized carbons (Fsp3) is 0.471. The van der Waals surface area contributed by atoms with Crippen molar-refractivity contribution in [1.82, 2.24) is 14.9 Å². The summed E-state index contributed by atoms with van der Waals surface area (Å²) in [4.78, 5) is 10.1. The molecule has 1 aromatic heterocycles. The van der Waals surface area contributed by atoms with Gasteiger partial charge in [0.2, 0.25) is 0 Å². The maximum Gasteiger partial charge on any atom is 0.111 e. The van der Waals surface area contributed by atoms with Crippen molar-refractivity contribution >= 4 is 0 Å². The van der Waals surface area contributed by atoms with Crippen LogP contribution < -0.4 is 0 Å². The Kier molecular flexibility index (Phi) is 5.67. The van der Waals surface area contributed by atoms with Gasteiger partial charge >= 0.3 is 0 Å². The Morgan fingerprint density at radius 3 is 3.19 bits per heavy atom. The standard InChI is InChI=1S/C17H25N3O/c1-4-5-8-15(9-6-7-14(2)21-3)20-11-10-16-17(12-20)19-13-18-16/h6-7,9,13H,2,4-5,8,10-12H2,1,3H3,(H,18,19)/b7-6-,15-9+. The highest BCUT2D eigenvalue weighted by Crippen LogP contribution is 2.22. The minimum Gasteiger partial charge on any atom is -0.497 e. The molecule has 1 N–H and O–H groups in total. The van der Waals surface area contributed by atoms with Crippen molar-refractivity contribution in [1.29, 1.82) is 0 Å². The second kappa shape index (κ2) is 7.72. The highest BCUT2D eigenvalue weighted by atomic mass is 16.5. The number of unbranched alkanes of at least 4 members (excludes halogenated alkanes) is 1. The third-order valence-electron chi connectivity index (χ3n) is 3.80. The smallest absolute Gasteiger partial charge is 0.111 e. The summed E-state index contributed by atoms with van der Waals surface area (Å²) in [6.45, 7) is 7.98. The van der Waals surface area contributed by atoms with E-state index in [-0.39, 0.29) is 0 Å². The molecule has 0 fully saturated rings. The lowest BCUT2D eigenvalue weighted by molar-refractivity contribution is 0.303. The lowest BCUT2D eigenvalue weighted by Gasteiger charge is -2.30. The zero-order chi connectivity index (χ0) is 15.1. The number of aromatic amines is 1. The van der Waals surface area contributed by atoms with Gasteiger partial charge in [-0.15, -0.1) is 0 Å². The summed E-state index contributed by atoms with van der Waals surface area (Å²) in [5, 5.41) is 0. The molecule has 0 aromatic carbocycles. The molecule has 0 atom stereocenters. The van der Waals surface area contributed by atoms with Gasteiger partial charge in [0.25, 0.3) is 0 Å². The molecule has 0 unspecified atom stereocenters. The molecule has 4 nitrogen and oxygen atoms in total. The lowest BCUT2D eigenvalue weighted by Crippen LogP contribution is -2.30. The van der Waals surface area contributed by atoms with Crippen molar-refractivity contribution in [2.24, 2.45) is 0 Å². The predicted molar refractivity (Wildman–Crippen MR) is 85.6 cm³/mol. The van der Waals surface area contributed by atoms with Crippen LogP contribution in [-0.2, 0) is 17.7 Å². The van der Waals surface area contributed by atoms with Crippen molar-refractivity contribution in [2.75, 3.05) is 13.7 Å². The molecule has 1 aromatic rings. The largest absolute Gasteiger partial charge is 0.497 e. The van der Waals surface area contributed by atoms with Crippen molar-refractivity contribution in [2.45, 2.75) is 39.2 Å². The number of ether oxygens (including phenoxy) is 1. The maximum absolute atomic E-state index is 5.06. The lowest BCUT2D eigenvalue weighted by atomic mass is 10.1. The number of fused-ring (bicyclic) bond motifs is 1. The van der Waals surface area contributed by atoms with E-state index < -0.39 is 0 Å². The summed E-state index contributed by atoms with van der Waals surface area (Å²) >= 11 is 0. The number of aromatic nitrogens is 2. The molecule has 1 aliphatic rings. The zero-order valence-electron chi connectivity index (χ0n) is 13.1. The quantitative estimate of drug-likeness (QED) is 0.616. The van der Waals surface area contributed by atoms with Crippen LogP contribution in [0.15, 0.2) is 42.6 Å². The molecule has 2 heterocycles. The van der Waals surface area contributed by atoms with Crippen LogP contribution in [0.1, 0.15) is 37.6 Å². The van der Waals surface area contributed by atoms with Gasteiger partial charge < -0.3 is 14.6 Å². The SMILES string of the molecule is C=C(/C=C\C=C(/CCCC)N1CCc2nc[nH]c2C1)OC. The number of rotatable bonds is 7. The average Bonchev–Trinajstić information content (AvgIpc) is 2.97. The summed E-state index contributed by atoms with van der Waals surface area (Å²) in [5.41, 5.74) is 3.83. The Labute approximate surface area is 127 Å². The number of allylic oxidation sites excluding steroid dienone is 4.